The van der Waals surface area contributed by atoms with Gasteiger partial charge in [0.15, 0.2) is 15.9 Å². The van der Waals surface area contributed by atoms with Crippen molar-refractivity contribution in [3.63, 3.8) is 0 Å². The molecular weight excluding hydrogens is 326 g/mol. The third-order valence-electron chi connectivity index (χ3n) is 3.89. The molecule has 0 N–H and O–H groups in total. The lowest BCUT2D eigenvalue weighted by Crippen LogP contribution is -2.44. The fourth-order valence-corrected chi connectivity index (χ4v) is 4.53. The molecule has 0 aliphatic carbocycles. The molecule has 22 heavy (non-hydrogen) atoms. The number of carbonyl (C=O) groups excluding carboxylic acids is 1. The van der Waals surface area contributed by atoms with Crippen molar-refractivity contribution >= 4 is 27.3 Å². The monoisotopic (exact) mass is 345 g/mol. The summed E-state index contributed by atoms with van der Waals surface area (Å²) >= 11 is 5.89. The maximum absolute atomic E-state index is 12.4. The Hall–Kier alpha value is -1.27. The number of ether oxygens (including phenoxy) is 1. The van der Waals surface area contributed by atoms with E-state index in [1.807, 2.05) is 6.92 Å². The van der Waals surface area contributed by atoms with Crippen LogP contribution in [0.3, 0.4) is 0 Å². The van der Waals surface area contributed by atoms with E-state index in [0.717, 1.165) is 5.56 Å². The van der Waals surface area contributed by atoms with Crippen molar-refractivity contribution in [3.8, 4) is 5.75 Å². The van der Waals surface area contributed by atoms with E-state index in [0.29, 0.717) is 17.2 Å². The molecule has 2 unspecified atom stereocenters. The van der Waals surface area contributed by atoms with Crippen LogP contribution in [0, 0.1) is 6.92 Å². The third kappa shape index (κ3) is 3.93. The van der Waals surface area contributed by atoms with E-state index >= 15 is 0 Å². The molecule has 1 saturated heterocycles. The van der Waals surface area contributed by atoms with E-state index in [1.54, 1.807) is 32.2 Å². The lowest BCUT2D eigenvalue weighted by atomic mass is 10.2. The SMILES string of the molecule is Cc1cc(Cl)ccc1OC(C)C(=O)N(C)C1CCS(=O)(=O)C1. The minimum absolute atomic E-state index is 0.0297. The number of aryl methyl sites for hydroxylation is 1. The van der Waals surface area contributed by atoms with Crippen LogP contribution >= 0.6 is 11.6 Å². The molecule has 122 valence electrons. The van der Waals surface area contributed by atoms with Gasteiger partial charge in [0, 0.05) is 18.1 Å². The summed E-state index contributed by atoms with van der Waals surface area (Å²) in [6.07, 6.45) is -0.203. The first-order valence-corrected chi connectivity index (χ1v) is 9.29. The van der Waals surface area contributed by atoms with Crippen LogP contribution in [0.15, 0.2) is 18.2 Å². The van der Waals surface area contributed by atoms with Crippen molar-refractivity contribution in [2.75, 3.05) is 18.6 Å². The second kappa shape index (κ2) is 6.46. The van der Waals surface area contributed by atoms with Gasteiger partial charge in [-0.3, -0.25) is 4.79 Å². The summed E-state index contributed by atoms with van der Waals surface area (Å²) in [4.78, 5) is 13.9. The first-order valence-electron chi connectivity index (χ1n) is 7.09. The largest absolute Gasteiger partial charge is 0.481 e. The normalized spacial score (nSPS) is 21.4. The van der Waals surface area contributed by atoms with Gasteiger partial charge < -0.3 is 9.64 Å². The second-order valence-corrected chi connectivity index (χ2v) is 8.34. The van der Waals surface area contributed by atoms with Crippen LogP contribution in [-0.2, 0) is 14.6 Å². The van der Waals surface area contributed by atoms with Gasteiger partial charge in [-0.2, -0.15) is 0 Å². The van der Waals surface area contributed by atoms with Gasteiger partial charge in [-0.1, -0.05) is 11.6 Å². The van der Waals surface area contributed by atoms with E-state index < -0.39 is 15.9 Å². The lowest BCUT2D eigenvalue weighted by molar-refractivity contribution is -0.138. The Labute approximate surface area is 136 Å². The van der Waals surface area contributed by atoms with Crippen molar-refractivity contribution in [1.29, 1.82) is 0 Å². The maximum Gasteiger partial charge on any atom is 0.263 e. The molecule has 1 aliphatic heterocycles. The summed E-state index contributed by atoms with van der Waals surface area (Å²) in [6, 6.07) is 4.92. The summed E-state index contributed by atoms with van der Waals surface area (Å²) in [6.45, 7) is 3.52. The van der Waals surface area contributed by atoms with Gasteiger partial charge in [-0.05, 0) is 44.0 Å². The van der Waals surface area contributed by atoms with E-state index in [-0.39, 0.29) is 23.5 Å². The topological polar surface area (TPSA) is 63.7 Å². The summed E-state index contributed by atoms with van der Waals surface area (Å²) in [7, 11) is -1.39. The molecule has 1 aliphatic rings. The summed E-state index contributed by atoms with van der Waals surface area (Å²) in [5.41, 5.74) is 0.846. The quantitative estimate of drug-likeness (QED) is 0.838. The number of rotatable bonds is 4. The molecule has 0 aromatic heterocycles. The molecule has 1 fully saturated rings. The Morgan fingerprint density at radius 2 is 2.14 bits per heavy atom. The summed E-state index contributed by atoms with van der Waals surface area (Å²) < 4.78 is 28.7. The number of sulfone groups is 1. The molecule has 2 rings (SSSR count). The molecule has 1 heterocycles. The van der Waals surface area contributed by atoms with Crippen molar-refractivity contribution in [1.82, 2.24) is 4.90 Å². The lowest BCUT2D eigenvalue weighted by Gasteiger charge is -2.27. The van der Waals surface area contributed by atoms with Crippen molar-refractivity contribution in [2.45, 2.75) is 32.4 Å². The fourth-order valence-electron chi connectivity index (χ4n) is 2.53. The molecule has 0 radical (unpaired) electrons. The number of nitrogens with zero attached hydrogens (tertiary/aromatic N) is 1. The van der Waals surface area contributed by atoms with Crippen molar-refractivity contribution in [3.05, 3.63) is 28.8 Å². The number of benzene rings is 1. The number of carbonyl (C=O) groups is 1. The zero-order chi connectivity index (χ0) is 16.5. The average molecular weight is 346 g/mol. The van der Waals surface area contributed by atoms with Crippen LogP contribution in [0.5, 0.6) is 5.75 Å². The van der Waals surface area contributed by atoms with Crippen LogP contribution in [0.25, 0.3) is 0 Å². The van der Waals surface area contributed by atoms with Crippen molar-refractivity contribution < 1.29 is 17.9 Å². The minimum Gasteiger partial charge on any atom is -0.481 e. The van der Waals surface area contributed by atoms with Crippen LogP contribution in [0.1, 0.15) is 18.9 Å². The highest BCUT2D eigenvalue weighted by molar-refractivity contribution is 7.91. The van der Waals surface area contributed by atoms with E-state index in [1.165, 1.54) is 4.90 Å². The van der Waals surface area contributed by atoms with Gasteiger partial charge in [-0.25, -0.2) is 8.42 Å². The zero-order valence-electron chi connectivity index (χ0n) is 12.9. The molecule has 1 aromatic rings. The van der Waals surface area contributed by atoms with Crippen molar-refractivity contribution in [2.24, 2.45) is 0 Å². The Morgan fingerprint density at radius 3 is 2.68 bits per heavy atom. The molecule has 2 atom stereocenters. The Kier molecular flexibility index (Phi) is 5.02. The zero-order valence-corrected chi connectivity index (χ0v) is 14.4. The number of hydrogen-bond donors (Lipinski definition) is 0. The minimum atomic E-state index is -3.02. The molecule has 7 heteroatoms. The maximum atomic E-state index is 12.4. The molecule has 0 bridgehead atoms. The first-order chi connectivity index (χ1) is 10.2. The van der Waals surface area contributed by atoms with Gasteiger partial charge >= 0.3 is 0 Å². The van der Waals surface area contributed by atoms with Gasteiger partial charge in [0.05, 0.1) is 11.5 Å². The predicted molar refractivity (Wildman–Crippen MR) is 86.1 cm³/mol. The number of halogens is 1. The summed E-state index contributed by atoms with van der Waals surface area (Å²) in [5.74, 6) is 0.539. The van der Waals surface area contributed by atoms with Gasteiger partial charge in [0.25, 0.3) is 5.91 Å². The van der Waals surface area contributed by atoms with Gasteiger partial charge in [-0.15, -0.1) is 0 Å². The standard InChI is InChI=1S/C15H20ClNO4S/c1-10-8-12(16)4-5-14(10)21-11(2)15(18)17(3)13-6-7-22(19,20)9-13/h4-5,8,11,13H,6-7,9H2,1-3H3. The molecule has 1 amide bonds. The summed E-state index contributed by atoms with van der Waals surface area (Å²) in [5, 5.41) is 0.608. The van der Waals surface area contributed by atoms with Gasteiger partial charge in [0.1, 0.15) is 5.75 Å². The number of likely N-dealkylation sites (N-methyl/N-ethyl adjacent to an activating group) is 1. The fraction of sp³-hybridized carbons (Fsp3) is 0.533. The Balaban J connectivity index is 2.02. The Morgan fingerprint density at radius 1 is 1.45 bits per heavy atom. The average Bonchev–Trinajstić information content (AvgIpc) is 2.80. The van der Waals surface area contributed by atoms with Gasteiger partial charge in [0.2, 0.25) is 0 Å². The van der Waals surface area contributed by atoms with Crippen LogP contribution in [0.4, 0.5) is 0 Å². The highest BCUT2D eigenvalue weighted by Crippen LogP contribution is 2.24. The molecule has 5 nitrogen and oxygen atoms in total. The smallest absolute Gasteiger partial charge is 0.263 e. The predicted octanol–water partition coefficient (Wildman–Crippen LogP) is 2.06. The van der Waals surface area contributed by atoms with E-state index in [9.17, 15) is 13.2 Å². The highest BCUT2D eigenvalue weighted by atomic mass is 35.5. The van der Waals surface area contributed by atoms with Crippen LogP contribution in [-0.4, -0.2) is 49.9 Å². The van der Waals surface area contributed by atoms with Crippen LogP contribution < -0.4 is 4.74 Å². The molecule has 1 aromatic carbocycles. The highest BCUT2D eigenvalue weighted by Gasteiger charge is 2.34. The first kappa shape index (κ1) is 17.1. The molecule has 0 saturated carbocycles. The van der Waals surface area contributed by atoms with E-state index in [2.05, 4.69) is 0 Å². The van der Waals surface area contributed by atoms with Crippen LogP contribution in [0.2, 0.25) is 5.02 Å². The second-order valence-electron chi connectivity index (χ2n) is 5.68. The number of hydrogen-bond acceptors (Lipinski definition) is 4. The molecule has 0 spiro atoms. The van der Waals surface area contributed by atoms with E-state index in [4.69, 9.17) is 16.3 Å². The third-order valence-corrected chi connectivity index (χ3v) is 5.88. The molecular formula is C15H20ClNO4S. The Bertz CT molecular complexity index is 674. The number of amides is 1.